The zero-order valence-electron chi connectivity index (χ0n) is 13.1. The number of fused-ring (bicyclic) bond motifs is 1. The molecule has 1 aromatic heterocycles. The van der Waals surface area contributed by atoms with E-state index >= 15 is 0 Å². The molecule has 0 atom stereocenters. The topological polar surface area (TPSA) is 37.0 Å². The number of aromatic nitrogens is 1. The Morgan fingerprint density at radius 3 is 2.77 bits per heavy atom. The second-order valence-electron chi connectivity index (χ2n) is 5.50. The van der Waals surface area contributed by atoms with Crippen LogP contribution in [0.1, 0.15) is 16.7 Å². The Morgan fingerprint density at radius 1 is 1.00 bits per heavy atom. The third kappa shape index (κ3) is 3.10. The maximum Gasteiger partial charge on any atom is 0.0702 e. The van der Waals surface area contributed by atoms with Gasteiger partial charge in [-0.05, 0) is 54.9 Å². The highest BCUT2D eigenvalue weighted by atomic mass is 14.9. The van der Waals surface area contributed by atoms with Gasteiger partial charge in [0.25, 0.3) is 0 Å². The van der Waals surface area contributed by atoms with E-state index in [1.165, 1.54) is 27.8 Å². The first kappa shape index (κ1) is 14.5. The highest BCUT2D eigenvalue weighted by Gasteiger charge is 2.03. The highest BCUT2D eigenvalue weighted by molar-refractivity contribution is 5.79. The van der Waals surface area contributed by atoms with Gasteiger partial charge in [-0.3, -0.25) is 4.98 Å². The molecule has 0 fully saturated rings. The number of hydrogen-bond donors (Lipinski definition) is 2. The molecule has 0 saturated carbocycles. The van der Waals surface area contributed by atoms with Crippen LogP contribution in [0.4, 0.5) is 5.69 Å². The van der Waals surface area contributed by atoms with Gasteiger partial charge in [-0.25, -0.2) is 0 Å². The van der Waals surface area contributed by atoms with Crippen molar-refractivity contribution in [2.75, 3.05) is 12.4 Å². The van der Waals surface area contributed by atoms with Crippen molar-refractivity contribution in [2.45, 2.75) is 20.0 Å². The van der Waals surface area contributed by atoms with Gasteiger partial charge in [-0.2, -0.15) is 0 Å². The van der Waals surface area contributed by atoms with Gasteiger partial charge in [0.1, 0.15) is 0 Å². The predicted molar refractivity (Wildman–Crippen MR) is 93.0 cm³/mol. The van der Waals surface area contributed by atoms with E-state index in [1.807, 2.05) is 19.3 Å². The number of rotatable bonds is 5. The summed E-state index contributed by atoms with van der Waals surface area (Å²) in [6.45, 7) is 3.87. The molecule has 0 amide bonds. The lowest BCUT2D eigenvalue weighted by Crippen LogP contribution is -2.08. The lowest BCUT2D eigenvalue weighted by molar-refractivity contribution is 0.812. The fraction of sp³-hybridized carbons (Fsp3) is 0.211. The van der Waals surface area contributed by atoms with Gasteiger partial charge < -0.3 is 10.6 Å². The summed E-state index contributed by atoms with van der Waals surface area (Å²) < 4.78 is 0. The minimum absolute atomic E-state index is 0.814. The molecular weight excluding hydrogens is 270 g/mol. The fourth-order valence-corrected chi connectivity index (χ4v) is 2.69. The van der Waals surface area contributed by atoms with Gasteiger partial charge in [-0.15, -0.1) is 0 Å². The van der Waals surface area contributed by atoms with E-state index in [0.29, 0.717) is 0 Å². The maximum absolute atomic E-state index is 4.36. The Labute approximate surface area is 131 Å². The first-order valence-corrected chi connectivity index (χ1v) is 7.58. The van der Waals surface area contributed by atoms with E-state index in [9.17, 15) is 0 Å². The van der Waals surface area contributed by atoms with Crippen molar-refractivity contribution in [1.29, 1.82) is 0 Å². The molecule has 1 heterocycles. The van der Waals surface area contributed by atoms with Gasteiger partial charge in [0.2, 0.25) is 0 Å². The van der Waals surface area contributed by atoms with Gasteiger partial charge in [-0.1, -0.05) is 24.3 Å². The molecule has 0 unspecified atom stereocenters. The van der Waals surface area contributed by atoms with E-state index in [2.05, 4.69) is 65.0 Å². The zero-order valence-corrected chi connectivity index (χ0v) is 13.1. The smallest absolute Gasteiger partial charge is 0.0702 e. The minimum atomic E-state index is 0.814. The molecule has 0 aliphatic heterocycles. The van der Waals surface area contributed by atoms with Crippen LogP contribution < -0.4 is 10.6 Å². The normalized spacial score (nSPS) is 10.8. The summed E-state index contributed by atoms with van der Waals surface area (Å²) in [7, 11) is 1.97. The quantitative estimate of drug-likeness (QED) is 0.749. The number of benzene rings is 2. The van der Waals surface area contributed by atoms with Gasteiger partial charge in [0.05, 0.1) is 5.52 Å². The third-order valence-electron chi connectivity index (χ3n) is 3.96. The Balaban J connectivity index is 1.77. The number of nitrogens with zero attached hydrogens (tertiary/aromatic N) is 1. The predicted octanol–water partition coefficient (Wildman–Crippen LogP) is 3.87. The molecular formula is C19H21N3. The standard InChI is InChI=1S/C19H21N3/c1-14-17(13-20-2)5-3-7-18(14)22-12-15-8-9-19-16(11-15)6-4-10-21-19/h3-11,20,22H,12-13H2,1-2H3. The minimum Gasteiger partial charge on any atom is -0.381 e. The molecule has 112 valence electrons. The molecule has 3 aromatic rings. The molecule has 3 nitrogen and oxygen atoms in total. The van der Waals surface area contributed by atoms with E-state index in [4.69, 9.17) is 0 Å². The summed E-state index contributed by atoms with van der Waals surface area (Å²) in [6.07, 6.45) is 1.83. The second kappa shape index (κ2) is 6.58. The number of anilines is 1. The van der Waals surface area contributed by atoms with Crippen LogP contribution in [0.25, 0.3) is 10.9 Å². The third-order valence-corrected chi connectivity index (χ3v) is 3.96. The average molecular weight is 291 g/mol. The summed E-state index contributed by atoms with van der Waals surface area (Å²) in [4.78, 5) is 4.36. The molecule has 3 heteroatoms. The molecule has 0 bridgehead atoms. The summed E-state index contributed by atoms with van der Waals surface area (Å²) in [5.74, 6) is 0. The number of nitrogens with one attached hydrogen (secondary N) is 2. The van der Waals surface area contributed by atoms with Crippen molar-refractivity contribution in [1.82, 2.24) is 10.3 Å². The Hall–Kier alpha value is -2.39. The van der Waals surface area contributed by atoms with E-state index < -0.39 is 0 Å². The molecule has 2 N–H and O–H groups in total. The molecule has 3 rings (SSSR count). The van der Waals surface area contributed by atoms with Crippen molar-refractivity contribution in [3.8, 4) is 0 Å². The lowest BCUT2D eigenvalue weighted by atomic mass is 10.1. The monoisotopic (exact) mass is 291 g/mol. The SMILES string of the molecule is CNCc1cccc(NCc2ccc3ncccc3c2)c1C. The maximum atomic E-state index is 4.36. The highest BCUT2D eigenvalue weighted by Crippen LogP contribution is 2.20. The van der Waals surface area contributed by atoms with E-state index in [1.54, 1.807) is 0 Å². The molecule has 0 aliphatic rings. The Bertz CT molecular complexity index is 780. The van der Waals surface area contributed by atoms with Crippen LogP contribution in [-0.2, 0) is 13.1 Å². The van der Waals surface area contributed by atoms with Crippen LogP contribution >= 0.6 is 0 Å². The molecule has 0 saturated heterocycles. The fourth-order valence-electron chi connectivity index (χ4n) is 2.69. The number of hydrogen-bond acceptors (Lipinski definition) is 3. The first-order chi connectivity index (χ1) is 10.8. The first-order valence-electron chi connectivity index (χ1n) is 7.58. The molecule has 0 radical (unpaired) electrons. The average Bonchev–Trinajstić information content (AvgIpc) is 2.56. The van der Waals surface area contributed by atoms with Gasteiger partial charge in [0, 0.05) is 30.4 Å². The van der Waals surface area contributed by atoms with Crippen LogP contribution in [0.15, 0.2) is 54.7 Å². The summed E-state index contributed by atoms with van der Waals surface area (Å²) in [6, 6.07) is 16.9. The van der Waals surface area contributed by atoms with Crippen LogP contribution in [0.5, 0.6) is 0 Å². The molecule has 0 aliphatic carbocycles. The summed E-state index contributed by atoms with van der Waals surface area (Å²) in [5, 5.41) is 7.94. The summed E-state index contributed by atoms with van der Waals surface area (Å²) in [5.41, 5.74) is 6.13. The van der Waals surface area contributed by atoms with Crippen LogP contribution in [0.2, 0.25) is 0 Å². The molecule has 0 spiro atoms. The Morgan fingerprint density at radius 2 is 1.91 bits per heavy atom. The summed E-state index contributed by atoms with van der Waals surface area (Å²) >= 11 is 0. The second-order valence-corrected chi connectivity index (χ2v) is 5.50. The largest absolute Gasteiger partial charge is 0.381 e. The van der Waals surface area contributed by atoms with Crippen molar-refractivity contribution in [3.63, 3.8) is 0 Å². The number of pyridine rings is 1. The van der Waals surface area contributed by atoms with Gasteiger partial charge >= 0.3 is 0 Å². The van der Waals surface area contributed by atoms with Crippen molar-refractivity contribution < 1.29 is 0 Å². The zero-order chi connectivity index (χ0) is 15.4. The Kier molecular flexibility index (Phi) is 4.35. The van der Waals surface area contributed by atoms with Crippen LogP contribution in [0, 0.1) is 6.92 Å². The van der Waals surface area contributed by atoms with Crippen molar-refractivity contribution in [2.24, 2.45) is 0 Å². The van der Waals surface area contributed by atoms with Crippen molar-refractivity contribution >= 4 is 16.6 Å². The molecule has 22 heavy (non-hydrogen) atoms. The van der Waals surface area contributed by atoms with Crippen LogP contribution in [-0.4, -0.2) is 12.0 Å². The lowest BCUT2D eigenvalue weighted by Gasteiger charge is -2.13. The van der Waals surface area contributed by atoms with E-state index in [-0.39, 0.29) is 0 Å². The van der Waals surface area contributed by atoms with E-state index in [0.717, 1.165) is 18.6 Å². The van der Waals surface area contributed by atoms with Gasteiger partial charge in [0.15, 0.2) is 0 Å². The van der Waals surface area contributed by atoms with Crippen LogP contribution in [0.3, 0.4) is 0 Å². The van der Waals surface area contributed by atoms with Crippen molar-refractivity contribution in [3.05, 3.63) is 71.4 Å². The molecule has 2 aromatic carbocycles.